The molecule has 32 heavy (non-hydrogen) atoms. The molecule has 2 fully saturated rings. The van der Waals surface area contributed by atoms with E-state index in [-0.39, 0.29) is 11.8 Å². The van der Waals surface area contributed by atoms with E-state index in [1.54, 1.807) is 12.1 Å². The van der Waals surface area contributed by atoms with Crippen molar-refractivity contribution in [2.75, 3.05) is 42.7 Å². The van der Waals surface area contributed by atoms with Crippen molar-refractivity contribution in [3.05, 3.63) is 24.0 Å². The molecule has 1 aromatic carbocycles. The van der Waals surface area contributed by atoms with Crippen LogP contribution in [0.1, 0.15) is 44.9 Å². The molecule has 0 radical (unpaired) electrons. The number of aromatic nitrogens is 3. The van der Waals surface area contributed by atoms with Gasteiger partial charge in [0.25, 0.3) is 0 Å². The van der Waals surface area contributed by atoms with E-state index in [1.807, 2.05) is 5.01 Å². The molecule has 174 valence electrons. The Kier molecular flexibility index (Phi) is 7.54. The molecular weight excluding hydrogens is 411 g/mol. The Morgan fingerprint density at radius 3 is 2.38 bits per heavy atom. The van der Waals surface area contributed by atoms with Gasteiger partial charge in [0, 0.05) is 37.4 Å². The molecule has 1 atom stereocenters. The van der Waals surface area contributed by atoms with E-state index in [2.05, 4.69) is 30.9 Å². The van der Waals surface area contributed by atoms with E-state index in [4.69, 9.17) is 10.6 Å². The lowest BCUT2D eigenvalue weighted by Gasteiger charge is -2.22. The van der Waals surface area contributed by atoms with Gasteiger partial charge in [-0.15, -0.1) is 0 Å². The van der Waals surface area contributed by atoms with Crippen molar-refractivity contribution in [2.45, 2.75) is 51.0 Å². The van der Waals surface area contributed by atoms with Crippen molar-refractivity contribution in [2.24, 2.45) is 11.8 Å². The zero-order valence-corrected chi connectivity index (χ0v) is 18.6. The lowest BCUT2D eigenvalue weighted by atomic mass is 9.89. The first-order valence-corrected chi connectivity index (χ1v) is 11.5. The van der Waals surface area contributed by atoms with Gasteiger partial charge in [0.2, 0.25) is 17.8 Å². The van der Waals surface area contributed by atoms with Gasteiger partial charge in [-0.1, -0.05) is 19.3 Å². The molecule has 2 heterocycles. The molecule has 10 heteroatoms. The minimum atomic E-state index is -0.454. The second kappa shape index (κ2) is 10.7. The van der Waals surface area contributed by atoms with E-state index in [0.717, 1.165) is 25.9 Å². The van der Waals surface area contributed by atoms with Crippen molar-refractivity contribution in [1.82, 2.24) is 20.0 Å². The number of nitrogens with one attached hydrogen (secondary N) is 3. The second-order valence-corrected chi connectivity index (χ2v) is 8.58. The summed E-state index contributed by atoms with van der Waals surface area (Å²) in [6, 6.07) is 4.89. The standard InChI is InChI=1S/C22H33FN8O/c1-32-19-10-9-16(12-18(19)23)27-22-29-20(25-13-15-6-3-2-4-7-15)28-21(30-22)26-14-17-8-5-11-31(17)24/h9-10,12,15,17H,2-8,11,13-14,24H2,1H3,(H3,25,26,27,28,29,30). The Morgan fingerprint density at radius 2 is 1.72 bits per heavy atom. The molecule has 5 N–H and O–H groups in total. The van der Waals surface area contributed by atoms with E-state index in [9.17, 15) is 4.39 Å². The Balaban J connectivity index is 1.48. The van der Waals surface area contributed by atoms with Gasteiger partial charge in [-0.3, -0.25) is 5.84 Å². The number of hydrogen-bond acceptors (Lipinski definition) is 9. The zero-order valence-electron chi connectivity index (χ0n) is 18.6. The van der Waals surface area contributed by atoms with Gasteiger partial charge in [0.05, 0.1) is 7.11 Å². The van der Waals surface area contributed by atoms with Gasteiger partial charge in [0.15, 0.2) is 11.6 Å². The van der Waals surface area contributed by atoms with Crippen LogP contribution in [0, 0.1) is 11.7 Å². The fourth-order valence-corrected chi connectivity index (χ4v) is 4.38. The number of hydrogen-bond donors (Lipinski definition) is 4. The van der Waals surface area contributed by atoms with E-state index >= 15 is 0 Å². The lowest BCUT2D eigenvalue weighted by molar-refractivity contribution is 0.271. The SMILES string of the molecule is COc1ccc(Nc2nc(NCC3CCCCC3)nc(NCC3CCCN3N)n2)cc1F. The van der Waals surface area contributed by atoms with Crippen LogP contribution in [-0.4, -0.2) is 52.7 Å². The lowest BCUT2D eigenvalue weighted by Crippen LogP contribution is -2.40. The highest BCUT2D eigenvalue weighted by Crippen LogP contribution is 2.25. The number of rotatable bonds is 9. The van der Waals surface area contributed by atoms with Crippen molar-refractivity contribution < 1.29 is 9.13 Å². The van der Waals surface area contributed by atoms with Crippen molar-refractivity contribution >= 4 is 23.5 Å². The molecule has 4 rings (SSSR count). The summed E-state index contributed by atoms with van der Waals surface area (Å²) >= 11 is 0. The molecular formula is C22H33FN8O. The summed E-state index contributed by atoms with van der Waals surface area (Å²) in [4.78, 5) is 13.5. The average molecular weight is 445 g/mol. The molecule has 1 saturated heterocycles. The number of nitrogens with zero attached hydrogens (tertiary/aromatic N) is 4. The summed E-state index contributed by atoms with van der Waals surface area (Å²) < 4.78 is 19.1. The third-order valence-electron chi connectivity index (χ3n) is 6.24. The number of ether oxygens (including phenoxy) is 1. The summed E-state index contributed by atoms with van der Waals surface area (Å²) in [5.41, 5.74) is 0.530. The van der Waals surface area contributed by atoms with Gasteiger partial charge in [0.1, 0.15) is 0 Å². The first kappa shape index (κ1) is 22.5. The average Bonchev–Trinajstić information content (AvgIpc) is 3.22. The maximum Gasteiger partial charge on any atom is 0.233 e. The normalized spacial score (nSPS) is 19.7. The number of anilines is 4. The summed E-state index contributed by atoms with van der Waals surface area (Å²) in [5, 5.41) is 11.6. The van der Waals surface area contributed by atoms with E-state index < -0.39 is 5.82 Å². The van der Waals surface area contributed by atoms with Crippen molar-refractivity contribution in [3.63, 3.8) is 0 Å². The Hall–Kier alpha value is -2.72. The number of benzene rings is 1. The highest BCUT2D eigenvalue weighted by molar-refractivity contribution is 5.57. The highest BCUT2D eigenvalue weighted by atomic mass is 19.1. The first-order chi connectivity index (χ1) is 15.6. The number of nitrogens with two attached hydrogens (primary N) is 1. The highest BCUT2D eigenvalue weighted by Gasteiger charge is 2.22. The smallest absolute Gasteiger partial charge is 0.233 e. The Morgan fingerprint density at radius 1 is 1.00 bits per heavy atom. The fraction of sp³-hybridized carbons (Fsp3) is 0.591. The fourth-order valence-electron chi connectivity index (χ4n) is 4.38. The molecule has 9 nitrogen and oxygen atoms in total. The molecule has 2 aliphatic rings. The van der Waals surface area contributed by atoms with Crippen LogP contribution in [0.4, 0.5) is 27.9 Å². The molecule has 1 aliphatic heterocycles. The van der Waals surface area contributed by atoms with Gasteiger partial charge >= 0.3 is 0 Å². The third kappa shape index (κ3) is 5.95. The number of halogens is 1. The van der Waals surface area contributed by atoms with Crippen molar-refractivity contribution in [3.8, 4) is 5.75 Å². The predicted octanol–water partition coefficient (Wildman–Crippen LogP) is 3.51. The molecule has 1 unspecified atom stereocenters. The molecule has 0 bridgehead atoms. The summed E-state index contributed by atoms with van der Waals surface area (Å²) in [5.74, 6) is 7.71. The molecule has 0 spiro atoms. The number of hydrazine groups is 1. The van der Waals surface area contributed by atoms with Gasteiger partial charge in [-0.25, -0.2) is 9.40 Å². The molecule has 1 saturated carbocycles. The quantitative estimate of drug-likeness (QED) is 0.432. The van der Waals surface area contributed by atoms with Crippen LogP contribution in [-0.2, 0) is 0 Å². The van der Waals surface area contributed by atoms with Crippen LogP contribution >= 0.6 is 0 Å². The van der Waals surface area contributed by atoms with Gasteiger partial charge < -0.3 is 20.7 Å². The summed E-state index contributed by atoms with van der Waals surface area (Å²) in [6.45, 7) is 2.38. The van der Waals surface area contributed by atoms with E-state index in [0.29, 0.717) is 36.0 Å². The second-order valence-electron chi connectivity index (χ2n) is 8.58. The van der Waals surface area contributed by atoms with Gasteiger partial charge in [-0.05, 0) is 43.7 Å². The van der Waals surface area contributed by atoms with Crippen molar-refractivity contribution in [1.29, 1.82) is 0 Å². The third-order valence-corrected chi connectivity index (χ3v) is 6.24. The monoisotopic (exact) mass is 444 g/mol. The molecule has 2 aromatic rings. The van der Waals surface area contributed by atoms with Crippen LogP contribution in [0.3, 0.4) is 0 Å². The van der Waals surface area contributed by atoms with Crippen LogP contribution in [0.25, 0.3) is 0 Å². The predicted molar refractivity (Wildman–Crippen MR) is 124 cm³/mol. The minimum Gasteiger partial charge on any atom is -0.494 e. The molecule has 1 aromatic heterocycles. The summed E-state index contributed by atoms with van der Waals surface area (Å²) in [6.07, 6.45) is 8.47. The topological polar surface area (TPSA) is 113 Å². The Bertz CT molecular complexity index is 892. The zero-order chi connectivity index (χ0) is 22.3. The van der Waals surface area contributed by atoms with Gasteiger partial charge in [-0.2, -0.15) is 15.0 Å². The maximum absolute atomic E-state index is 14.1. The van der Waals surface area contributed by atoms with Crippen LogP contribution < -0.4 is 26.5 Å². The first-order valence-electron chi connectivity index (χ1n) is 11.5. The largest absolute Gasteiger partial charge is 0.494 e. The van der Waals surface area contributed by atoms with E-state index in [1.165, 1.54) is 45.3 Å². The summed E-state index contributed by atoms with van der Waals surface area (Å²) in [7, 11) is 1.44. The molecule has 0 amide bonds. The van der Waals surface area contributed by atoms with Crippen LogP contribution in [0.2, 0.25) is 0 Å². The number of methoxy groups -OCH3 is 1. The maximum atomic E-state index is 14.1. The Labute approximate surface area is 188 Å². The van der Waals surface area contributed by atoms with Crippen LogP contribution in [0.5, 0.6) is 5.75 Å². The molecule has 1 aliphatic carbocycles. The minimum absolute atomic E-state index is 0.186. The van der Waals surface area contributed by atoms with Crippen LogP contribution in [0.15, 0.2) is 18.2 Å².